The van der Waals surface area contributed by atoms with Crippen LogP contribution in [0.4, 0.5) is 18.9 Å². The zero-order valence-electron chi connectivity index (χ0n) is 12.8. The minimum Gasteiger partial charge on any atom is -0.396 e. The third kappa shape index (κ3) is 3.01. The molecule has 0 bridgehead atoms. The fraction of sp³-hybridized carbons (Fsp3) is 0.278. The molecular formula is C18H16F3NO2. The number of anilines is 1. The monoisotopic (exact) mass is 335 g/mol. The Kier molecular flexibility index (Phi) is 4.32. The standard InChI is InChI=1S/C18H16F3NO2/c19-18(20,21)13-6-8-14(9-7-13)22-11-16-12(4-2-10-23)3-1-5-15(16)17(22)24/h1,3,5-9,23H,2,4,10-11H2. The second-order valence-corrected chi connectivity index (χ2v) is 5.71. The highest BCUT2D eigenvalue weighted by atomic mass is 19.4. The third-order valence-electron chi connectivity index (χ3n) is 4.18. The van der Waals surface area contributed by atoms with E-state index in [-0.39, 0.29) is 12.5 Å². The summed E-state index contributed by atoms with van der Waals surface area (Å²) in [7, 11) is 0. The molecular weight excluding hydrogens is 319 g/mol. The molecule has 2 aromatic carbocycles. The summed E-state index contributed by atoms with van der Waals surface area (Å²) >= 11 is 0. The van der Waals surface area contributed by atoms with Gasteiger partial charge in [0.1, 0.15) is 0 Å². The Bertz CT molecular complexity index is 754. The van der Waals surface area contributed by atoms with Gasteiger partial charge in [-0.1, -0.05) is 12.1 Å². The van der Waals surface area contributed by atoms with E-state index in [2.05, 4.69) is 0 Å². The number of hydrogen-bond acceptors (Lipinski definition) is 2. The molecule has 0 radical (unpaired) electrons. The summed E-state index contributed by atoms with van der Waals surface area (Å²) in [5, 5.41) is 8.98. The van der Waals surface area contributed by atoms with E-state index in [1.54, 1.807) is 12.1 Å². The van der Waals surface area contributed by atoms with Crippen LogP contribution in [0.15, 0.2) is 42.5 Å². The lowest BCUT2D eigenvalue weighted by molar-refractivity contribution is -0.137. The summed E-state index contributed by atoms with van der Waals surface area (Å²) in [6.07, 6.45) is -3.13. The smallest absolute Gasteiger partial charge is 0.396 e. The molecule has 1 aliphatic rings. The van der Waals surface area contributed by atoms with Crippen LogP contribution in [-0.2, 0) is 19.1 Å². The van der Waals surface area contributed by atoms with Gasteiger partial charge < -0.3 is 10.0 Å². The van der Waals surface area contributed by atoms with Gasteiger partial charge >= 0.3 is 6.18 Å². The van der Waals surface area contributed by atoms with Crippen LogP contribution in [0.1, 0.15) is 33.5 Å². The van der Waals surface area contributed by atoms with Gasteiger partial charge in [-0.05, 0) is 54.3 Å². The number of benzene rings is 2. The molecule has 0 fully saturated rings. The zero-order chi connectivity index (χ0) is 17.3. The van der Waals surface area contributed by atoms with Crippen molar-refractivity contribution in [3.8, 4) is 0 Å². The van der Waals surface area contributed by atoms with Gasteiger partial charge in [0.2, 0.25) is 0 Å². The molecule has 1 N–H and O–H groups in total. The van der Waals surface area contributed by atoms with Crippen molar-refractivity contribution >= 4 is 11.6 Å². The number of rotatable bonds is 4. The quantitative estimate of drug-likeness (QED) is 0.923. The zero-order valence-corrected chi connectivity index (χ0v) is 12.8. The Morgan fingerprint density at radius 1 is 1.08 bits per heavy atom. The minimum absolute atomic E-state index is 0.0697. The molecule has 3 nitrogen and oxygen atoms in total. The first-order valence-corrected chi connectivity index (χ1v) is 7.62. The number of alkyl halides is 3. The van der Waals surface area contributed by atoms with Gasteiger partial charge in [-0.25, -0.2) is 0 Å². The van der Waals surface area contributed by atoms with Crippen LogP contribution in [-0.4, -0.2) is 17.6 Å². The predicted molar refractivity (Wildman–Crippen MR) is 83.8 cm³/mol. The predicted octanol–water partition coefficient (Wildman–Crippen LogP) is 3.79. The molecule has 0 aliphatic carbocycles. The normalized spacial score (nSPS) is 14.2. The number of nitrogens with zero attached hydrogens (tertiary/aromatic N) is 1. The Labute approximate surface area is 137 Å². The maximum atomic E-state index is 12.7. The highest BCUT2D eigenvalue weighted by Gasteiger charge is 2.32. The Hall–Kier alpha value is -2.34. The molecule has 0 saturated carbocycles. The van der Waals surface area contributed by atoms with Crippen LogP contribution < -0.4 is 4.90 Å². The summed E-state index contributed by atoms with van der Waals surface area (Å²) in [6.45, 7) is 0.404. The Morgan fingerprint density at radius 3 is 2.42 bits per heavy atom. The van der Waals surface area contributed by atoms with E-state index in [4.69, 9.17) is 5.11 Å². The summed E-state index contributed by atoms with van der Waals surface area (Å²) in [5.41, 5.74) is 2.15. The van der Waals surface area contributed by atoms with Gasteiger partial charge in [0.15, 0.2) is 0 Å². The van der Waals surface area contributed by atoms with Crippen molar-refractivity contribution in [2.24, 2.45) is 0 Å². The molecule has 0 unspecified atom stereocenters. The second kappa shape index (κ2) is 6.28. The van der Waals surface area contributed by atoms with Gasteiger partial charge in [0, 0.05) is 17.9 Å². The van der Waals surface area contributed by atoms with Crippen molar-refractivity contribution in [1.29, 1.82) is 0 Å². The number of fused-ring (bicyclic) bond motifs is 1. The summed E-state index contributed by atoms with van der Waals surface area (Å²) in [6, 6.07) is 10.0. The van der Waals surface area contributed by atoms with Crippen molar-refractivity contribution in [3.63, 3.8) is 0 Å². The second-order valence-electron chi connectivity index (χ2n) is 5.71. The van der Waals surface area contributed by atoms with E-state index in [9.17, 15) is 18.0 Å². The number of carbonyl (C=O) groups excluding carboxylic acids is 1. The van der Waals surface area contributed by atoms with Crippen LogP contribution in [0.5, 0.6) is 0 Å². The number of halogens is 3. The lowest BCUT2D eigenvalue weighted by atomic mass is 10.00. The molecule has 0 atom stereocenters. The number of aliphatic hydroxyl groups excluding tert-OH is 1. The Morgan fingerprint density at radius 2 is 1.79 bits per heavy atom. The van der Waals surface area contributed by atoms with Gasteiger partial charge in [0.05, 0.1) is 12.1 Å². The van der Waals surface area contributed by atoms with E-state index in [0.29, 0.717) is 30.6 Å². The number of aryl methyl sites for hydroxylation is 1. The van der Waals surface area contributed by atoms with E-state index < -0.39 is 11.7 Å². The van der Waals surface area contributed by atoms with Crippen LogP contribution in [0.3, 0.4) is 0 Å². The summed E-state index contributed by atoms with van der Waals surface area (Å²) in [4.78, 5) is 14.0. The van der Waals surface area contributed by atoms with Crippen molar-refractivity contribution in [1.82, 2.24) is 0 Å². The van der Waals surface area contributed by atoms with Gasteiger partial charge in [-0.2, -0.15) is 13.2 Å². The van der Waals surface area contributed by atoms with Gasteiger partial charge in [0.25, 0.3) is 5.91 Å². The van der Waals surface area contributed by atoms with Crippen LogP contribution >= 0.6 is 0 Å². The highest BCUT2D eigenvalue weighted by molar-refractivity contribution is 6.10. The first-order valence-electron chi connectivity index (χ1n) is 7.62. The van der Waals surface area contributed by atoms with Crippen molar-refractivity contribution in [2.75, 3.05) is 11.5 Å². The van der Waals surface area contributed by atoms with Crippen molar-refractivity contribution in [2.45, 2.75) is 25.6 Å². The molecule has 2 aromatic rings. The van der Waals surface area contributed by atoms with Crippen LogP contribution in [0.2, 0.25) is 0 Å². The summed E-state index contributed by atoms with van der Waals surface area (Å²) < 4.78 is 38.0. The molecule has 126 valence electrons. The highest BCUT2D eigenvalue weighted by Crippen LogP contribution is 2.34. The van der Waals surface area contributed by atoms with Crippen molar-refractivity contribution < 1.29 is 23.1 Å². The molecule has 6 heteroatoms. The molecule has 0 spiro atoms. The first-order chi connectivity index (χ1) is 11.4. The fourth-order valence-corrected chi connectivity index (χ4v) is 2.94. The molecule has 24 heavy (non-hydrogen) atoms. The molecule has 3 rings (SSSR count). The van der Waals surface area contributed by atoms with Gasteiger partial charge in [-0.3, -0.25) is 4.79 Å². The van der Waals surface area contributed by atoms with Crippen molar-refractivity contribution in [3.05, 3.63) is 64.7 Å². The van der Waals surface area contributed by atoms with Crippen LogP contribution in [0.25, 0.3) is 0 Å². The lowest BCUT2D eigenvalue weighted by Gasteiger charge is -2.17. The summed E-state index contributed by atoms with van der Waals surface area (Å²) in [5.74, 6) is -0.212. The first kappa shape index (κ1) is 16.5. The average molecular weight is 335 g/mol. The molecule has 0 saturated heterocycles. The molecule has 0 aromatic heterocycles. The fourth-order valence-electron chi connectivity index (χ4n) is 2.94. The minimum atomic E-state index is -4.39. The third-order valence-corrected chi connectivity index (χ3v) is 4.18. The van der Waals surface area contributed by atoms with Gasteiger partial charge in [-0.15, -0.1) is 0 Å². The van der Waals surface area contributed by atoms with E-state index in [1.807, 2.05) is 6.07 Å². The number of carbonyl (C=O) groups is 1. The molecule has 1 aliphatic heterocycles. The van der Waals surface area contributed by atoms with E-state index in [0.717, 1.165) is 23.3 Å². The number of aliphatic hydroxyl groups is 1. The maximum Gasteiger partial charge on any atom is 0.416 e. The topological polar surface area (TPSA) is 40.5 Å². The molecule has 1 heterocycles. The number of hydrogen-bond donors (Lipinski definition) is 1. The molecule has 1 amide bonds. The van der Waals surface area contributed by atoms with E-state index in [1.165, 1.54) is 17.0 Å². The maximum absolute atomic E-state index is 12.7. The SMILES string of the molecule is O=C1c2cccc(CCCO)c2CN1c1ccc(C(F)(F)F)cc1. The van der Waals surface area contributed by atoms with E-state index >= 15 is 0 Å². The Balaban J connectivity index is 1.88. The number of amides is 1. The van der Waals surface area contributed by atoms with Crippen LogP contribution in [0, 0.1) is 0 Å². The largest absolute Gasteiger partial charge is 0.416 e. The average Bonchev–Trinajstić information content (AvgIpc) is 2.90. The lowest BCUT2D eigenvalue weighted by Crippen LogP contribution is -2.23.